The van der Waals surface area contributed by atoms with Crippen molar-refractivity contribution in [2.24, 2.45) is 0 Å². The van der Waals surface area contributed by atoms with Gasteiger partial charge in [-0.05, 0) is 36.4 Å². The molecule has 2 aromatic heterocycles. The zero-order valence-corrected chi connectivity index (χ0v) is 11.3. The first kappa shape index (κ1) is 13.7. The highest BCUT2D eigenvalue weighted by Gasteiger charge is 2.22. The fraction of sp³-hybridized carbons (Fsp3) is 0. The average Bonchev–Trinajstić information content (AvgIpc) is 2.92. The number of anilines is 2. The number of hydrogen-bond donors (Lipinski definition) is 2. The average molecular weight is 298 g/mol. The van der Waals surface area contributed by atoms with Crippen LogP contribution in [0.3, 0.4) is 0 Å². The van der Waals surface area contributed by atoms with Crippen LogP contribution in [0.4, 0.5) is 16.0 Å². The SMILES string of the molecule is Nc1onc(-c2cccnc2)c1C(=O)Nc1ccc(F)cc1. The first-order chi connectivity index (χ1) is 10.6. The number of benzene rings is 1. The summed E-state index contributed by atoms with van der Waals surface area (Å²) in [6.07, 6.45) is 3.15. The van der Waals surface area contributed by atoms with E-state index in [0.29, 0.717) is 16.9 Å². The second kappa shape index (κ2) is 5.65. The molecule has 1 amide bonds. The number of nitrogens with zero attached hydrogens (tertiary/aromatic N) is 2. The normalized spacial score (nSPS) is 10.4. The van der Waals surface area contributed by atoms with E-state index in [-0.39, 0.29) is 11.4 Å². The third kappa shape index (κ3) is 2.64. The zero-order chi connectivity index (χ0) is 15.5. The Kier molecular flexibility index (Phi) is 3.53. The Morgan fingerprint density at radius 2 is 2.00 bits per heavy atom. The van der Waals surface area contributed by atoms with E-state index in [1.165, 1.54) is 24.3 Å². The standard InChI is InChI=1S/C15H11FN4O2/c16-10-3-5-11(6-4-10)19-15(21)12-13(20-22-14(12)17)9-2-1-7-18-8-9/h1-8H,17H2,(H,19,21). The van der Waals surface area contributed by atoms with Crippen LogP contribution in [0.5, 0.6) is 0 Å². The third-order valence-electron chi connectivity index (χ3n) is 2.98. The quantitative estimate of drug-likeness (QED) is 0.775. The molecule has 0 radical (unpaired) electrons. The summed E-state index contributed by atoms with van der Waals surface area (Å²) in [7, 11) is 0. The number of pyridine rings is 1. The van der Waals surface area contributed by atoms with E-state index in [1.807, 2.05) is 0 Å². The third-order valence-corrected chi connectivity index (χ3v) is 2.98. The molecule has 0 aliphatic rings. The van der Waals surface area contributed by atoms with Gasteiger partial charge in [-0.15, -0.1) is 0 Å². The van der Waals surface area contributed by atoms with Gasteiger partial charge in [0.2, 0.25) is 5.88 Å². The Balaban J connectivity index is 1.93. The minimum absolute atomic E-state index is 0.0986. The lowest BCUT2D eigenvalue weighted by Gasteiger charge is -2.05. The van der Waals surface area contributed by atoms with Gasteiger partial charge in [0.15, 0.2) is 0 Å². The van der Waals surface area contributed by atoms with Crippen LogP contribution in [-0.4, -0.2) is 16.0 Å². The van der Waals surface area contributed by atoms with Crippen molar-refractivity contribution in [2.75, 3.05) is 11.1 Å². The molecule has 0 spiro atoms. The minimum Gasteiger partial charge on any atom is -0.367 e. The van der Waals surface area contributed by atoms with Gasteiger partial charge in [-0.3, -0.25) is 9.78 Å². The van der Waals surface area contributed by atoms with Gasteiger partial charge < -0.3 is 15.6 Å². The van der Waals surface area contributed by atoms with Crippen LogP contribution < -0.4 is 11.1 Å². The Bertz CT molecular complexity index is 800. The smallest absolute Gasteiger partial charge is 0.263 e. The first-order valence-corrected chi connectivity index (χ1v) is 6.37. The van der Waals surface area contributed by atoms with Crippen molar-refractivity contribution >= 4 is 17.5 Å². The van der Waals surface area contributed by atoms with Crippen LogP contribution in [-0.2, 0) is 0 Å². The molecule has 3 aromatic rings. The molecule has 7 heteroatoms. The number of nitrogen functional groups attached to an aromatic ring is 1. The minimum atomic E-state index is -0.496. The number of halogens is 1. The van der Waals surface area contributed by atoms with Gasteiger partial charge >= 0.3 is 0 Å². The summed E-state index contributed by atoms with van der Waals surface area (Å²) < 4.78 is 17.8. The van der Waals surface area contributed by atoms with Crippen LogP contribution >= 0.6 is 0 Å². The summed E-state index contributed by atoms with van der Waals surface area (Å²) in [6.45, 7) is 0. The molecule has 3 rings (SSSR count). The largest absolute Gasteiger partial charge is 0.367 e. The number of amides is 1. The predicted molar refractivity (Wildman–Crippen MR) is 78.5 cm³/mol. The monoisotopic (exact) mass is 298 g/mol. The second-order valence-electron chi connectivity index (χ2n) is 4.47. The van der Waals surface area contributed by atoms with Gasteiger partial charge in [-0.25, -0.2) is 4.39 Å². The second-order valence-corrected chi connectivity index (χ2v) is 4.47. The molecule has 2 heterocycles. The Morgan fingerprint density at radius 3 is 2.68 bits per heavy atom. The molecule has 0 fully saturated rings. The lowest BCUT2D eigenvalue weighted by molar-refractivity contribution is 0.102. The van der Waals surface area contributed by atoms with E-state index < -0.39 is 11.7 Å². The topological polar surface area (TPSA) is 94.0 Å². The summed E-state index contributed by atoms with van der Waals surface area (Å²) in [5.74, 6) is -0.985. The van der Waals surface area contributed by atoms with Crippen LogP contribution in [0.1, 0.15) is 10.4 Å². The van der Waals surface area contributed by atoms with E-state index >= 15 is 0 Å². The molecular formula is C15H11FN4O2. The van der Waals surface area contributed by atoms with Crippen LogP contribution in [0.15, 0.2) is 53.3 Å². The van der Waals surface area contributed by atoms with Crippen molar-refractivity contribution in [3.8, 4) is 11.3 Å². The number of hydrogen-bond acceptors (Lipinski definition) is 5. The lowest BCUT2D eigenvalue weighted by Crippen LogP contribution is -2.14. The van der Waals surface area contributed by atoms with E-state index in [1.54, 1.807) is 24.5 Å². The summed E-state index contributed by atoms with van der Waals surface area (Å²) in [4.78, 5) is 16.3. The van der Waals surface area contributed by atoms with Crippen LogP contribution in [0, 0.1) is 5.82 Å². The van der Waals surface area contributed by atoms with Crippen LogP contribution in [0.2, 0.25) is 0 Å². The molecule has 3 N–H and O–H groups in total. The summed E-state index contributed by atoms with van der Waals surface area (Å²) in [5, 5.41) is 6.42. The summed E-state index contributed by atoms with van der Waals surface area (Å²) >= 11 is 0. The maximum atomic E-state index is 12.9. The Labute approximate surface area is 124 Å². The highest BCUT2D eigenvalue weighted by molar-refractivity contribution is 6.10. The lowest BCUT2D eigenvalue weighted by atomic mass is 10.1. The zero-order valence-electron chi connectivity index (χ0n) is 11.3. The van der Waals surface area contributed by atoms with Crippen molar-refractivity contribution in [3.05, 3.63) is 60.2 Å². The molecule has 0 unspecified atom stereocenters. The van der Waals surface area contributed by atoms with Gasteiger partial charge in [0, 0.05) is 23.6 Å². The molecule has 1 aromatic carbocycles. The van der Waals surface area contributed by atoms with E-state index in [9.17, 15) is 9.18 Å². The highest BCUT2D eigenvalue weighted by atomic mass is 19.1. The van der Waals surface area contributed by atoms with E-state index in [4.69, 9.17) is 10.3 Å². The molecule has 0 aliphatic heterocycles. The number of nitrogens with two attached hydrogens (primary N) is 1. The van der Waals surface area contributed by atoms with Gasteiger partial charge in [0.25, 0.3) is 5.91 Å². The number of nitrogens with one attached hydrogen (secondary N) is 1. The number of rotatable bonds is 3. The predicted octanol–water partition coefficient (Wildman–Crippen LogP) is 2.71. The van der Waals surface area contributed by atoms with E-state index in [2.05, 4.69) is 15.5 Å². The van der Waals surface area contributed by atoms with Crippen molar-refractivity contribution < 1.29 is 13.7 Å². The molecule has 0 saturated carbocycles. The molecular weight excluding hydrogens is 287 g/mol. The number of aromatic nitrogens is 2. The number of carbonyl (C=O) groups is 1. The molecule has 110 valence electrons. The van der Waals surface area contributed by atoms with Gasteiger partial charge in [0.05, 0.1) is 0 Å². The summed E-state index contributed by atoms with van der Waals surface area (Å²) in [6, 6.07) is 8.82. The van der Waals surface area contributed by atoms with E-state index in [0.717, 1.165) is 0 Å². The Morgan fingerprint density at radius 1 is 1.23 bits per heavy atom. The van der Waals surface area contributed by atoms with Crippen molar-refractivity contribution in [1.29, 1.82) is 0 Å². The maximum Gasteiger partial charge on any atom is 0.263 e. The van der Waals surface area contributed by atoms with Gasteiger partial charge in [-0.2, -0.15) is 0 Å². The fourth-order valence-corrected chi connectivity index (χ4v) is 1.95. The van der Waals surface area contributed by atoms with Crippen molar-refractivity contribution in [2.45, 2.75) is 0 Å². The fourth-order valence-electron chi connectivity index (χ4n) is 1.95. The molecule has 0 bridgehead atoms. The number of carbonyl (C=O) groups excluding carboxylic acids is 1. The van der Waals surface area contributed by atoms with Crippen molar-refractivity contribution in [3.63, 3.8) is 0 Å². The molecule has 0 atom stereocenters. The molecule has 0 aliphatic carbocycles. The van der Waals surface area contributed by atoms with Crippen LogP contribution in [0.25, 0.3) is 11.3 Å². The Hall–Kier alpha value is -3.22. The first-order valence-electron chi connectivity index (χ1n) is 6.37. The van der Waals surface area contributed by atoms with Crippen molar-refractivity contribution in [1.82, 2.24) is 10.1 Å². The molecule has 6 nitrogen and oxygen atoms in total. The highest BCUT2D eigenvalue weighted by Crippen LogP contribution is 2.27. The maximum absolute atomic E-state index is 12.9. The molecule has 0 saturated heterocycles. The van der Waals surface area contributed by atoms with Gasteiger partial charge in [0.1, 0.15) is 17.1 Å². The summed E-state index contributed by atoms with van der Waals surface area (Å²) in [5.41, 5.74) is 7.13. The van der Waals surface area contributed by atoms with Gasteiger partial charge in [-0.1, -0.05) is 5.16 Å². The molecule has 22 heavy (non-hydrogen) atoms.